The average Bonchev–Trinajstić information content (AvgIpc) is 2.56. The summed E-state index contributed by atoms with van der Waals surface area (Å²) in [7, 11) is 1.94. The number of carbonyl (C=O) groups excluding carboxylic acids is 1. The molecule has 0 unspecified atom stereocenters. The van der Waals surface area contributed by atoms with Crippen LogP contribution in [0.5, 0.6) is 0 Å². The highest BCUT2D eigenvalue weighted by Gasteiger charge is 2.06. The van der Waals surface area contributed by atoms with E-state index in [-0.39, 0.29) is 12.5 Å². The first-order valence-corrected chi connectivity index (χ1v) is 7.85. The lowest BCUT2D eigenvalue weighted by molar-refractivity contribution is -0.122. The van der Waals surface area contributed by atoms with Gasteiger partial charge in [-0.25, -0.2) is 0 Å². The van der Waals surface area contributed by atoms with Gasteiger partial charge < -0.3 is 10.4 Å². The summed E-state index contributed by atoms with van der Waals surface area (Å²) in [5.41, 5.74) is 3.26. The molecule has 0 spiro atoms. The molecule has 2 rings (SSSR count). The number of hydrogen-bond acceptors (Lipinski definition) is 3. The highest BCUT2D eigenvalue weighted by molar-refractivity contribution is 5.77. The molecular formula is C19H24N2O2. The van der Waals surface area contributed by atoms with Crippen LogP contribution in [0.15, 0.2) is 54.6 Å². The Morgan fingerprint density at radius 3 is 2.30 bits per heavy atom. The van der Waals surface area contributed by atoms with Gasteiger partial charge in [-0.05, 0) is 30.2 Å². The summed E-state index contributed by atoms with van der Waals surface area (Å²) < 4.78 is 0. The molecule has 2 aromatic rings. The van der Waals surface area contributed by atoms with Crippen molar-refractivity contribution in [2.24, 2.45) is 0 Å². The summed E-state index contributed by atoms with van der Waals surface area (Å²) in [6.45, 7) is 1.83. The van der Waals surface area contributed by atoms with Gasteiger partial charge in [-0.1, -0.05) is 54.6 Å². The molecule has 0 aliphatic heterocycles. The van der Waals surface area contributed by atoms with E-state index in [0.29, 0.717) is 13.1 Å². The second-order valence-electron chi connectivity index (χ2n) is 5.73. The minimum atomic E-state index is 0.0374. The Balaban J connectivity index is 1.68. The largest absolute Gasteiger partial charge is 0.392 e. The molecule has 4 heteroatoms. The first kappa shape index (κ1) is 17.2. The average molecular weight is 312 g/mol. The van der Waals surface area contributed by atoms with Crippen LogP contribution in [0, 0.1) is 0 Å². The fraction of sp³-hybridized carbons (Fsp3) is 0.316. The molecule has 0 saturated carbocycles. The van der Waals surface area contributed by atoms with Crippen LogP contribution in [0.4, 0.5) is 0 Å². The molecule has 2 aromatic carbocycles. The first-order valence-electron chi connectivity index (χ1n) is 7.85. The van der Waals surface area contributed by atoms with Gasteiger partial charge in [0.2, 0.25) is 5.91 Å². The quantitative estimate of drug-likeness (QED) is 0.783. The van der Waals surface area contributed by atoms with E-state index in [2.05, 4.69) is 17.4 Å². The zero-order valence-corrected chi connectivity index (χ0v) is 13.5. The monoisotopic (exact) mass is 312 g/mol. The third-order valence-electron chi connectivity index (χ3n) is 3.65. The minimum absolute atomic E-state index is 0.0374. The molecule has 1 amide bonds. The minimum Gasteiger partial charge on any atom is -0.392 e. The molecule has 4 nitrogen and oxygen atoms in total. The highest BCUT2D eigenvalue weighted by atomic mass is 16.3. The Bertz CT molecular complexity index is 597. The molecule has 0 bridgehead atoms. The number of rotatable bonds is 8. The topological polar surface area (TPSA) is 52.6 Å². The Kier molecular flexibility index (Phi) is 6.78. The summed E-state index contributed by atoms with van der Waals surface area (Å²) in [5.74, 6) is 0.0374. The smallest absolute Gasteiger partial charge is 0.234 e. The van der Waals surface area contributed by atoms with Crippen molar-refractivity contribution in [1.82, 2.24) is 10.2 Å². The van der Waals surface area contributed by atoms with Gasteiger partial charge in [0.05, 0.1) is 13.2 Å². The third-order valence-corrected chi connectivity index (χ3v) is 3.65. The molecule has 0 fully saturated rings. The second-order valence-corrected chi connectivity index (χ2v) is 5.73. The van der Waals surface area contributed by atoms with Crippen molar-refractivity contribution in [1.29, 1.82) is 0 Å². The summed E-state index contributed by atoms with van der Waals surface area (Å²) >= 11 is 0. The molecule has 0 heterocycles. The number of benzene rings is 2. The van der Waals surface area contributed by atoms with Gasteiger partial charge in [0.1, 0.15) is 0 Å². The fourth-order valence-electron chi connectivity index (χ4n) is 2.41. The Hall–Kier alpha value is -2.17. The fourth-order valence-corrected chi connectivity index (χ4v) is 2.41. The number of nitrogens with zero attached hydrogens (tertiary/aromatic N) is 1. The van der Waals surface area contributed by atoms with Crippen molar-refractivity contribution in [3.63, 3.8) is 0 Å². The number of likely N-dealkylation sites (N-methyl/N-ethyl adjacent to an activating group) is 1. The van der Waals surface area contributed by atoms with Crippen molar-refractivity contribution in [3.8, 4) is 0 Å². The molecule has 122 valence electrons. The first-order chi connectivity index (χ1) is 11.2. The zero-order valence-electron chi connectivity index (χ0n) is 13.5. The summed E-state index contributed by atoms with van der Waals surface area (Å²) in [5, 5.41) is 12.0. The number of carbonyl (C=O) groups is 1. The van der Waals surface area contributed by atoms with Gasteiger partial charge in [-0.2, -0.15) is 0 Å². The Labute approximate surface area is 137 Å². The predicted molar refractivity (Wildman–Crippen MR) is 91.9 cm³/mol. The van der Waals surface area contributed by atoms with Gasteiger partial charge >= 0.3 is 0 Å². The molecule has 0 radical (unpaired) electrons. The van der Waals surface area contributed by atoms with Crippen molar-refractivity contribution < 1.29 is 9.90 Å². The molecule has 0 aliphatic rings. The number of amides is 1. The maximum atomic E-state index is 11.9. The van der Waals surface area contributed by atoms with Gasteiger partial charge in [0.15, 0.2) is 0 Å². The SMILES string of the molecule is CN(CC(=O)NCCc1ccc(CO)cc1)Cc1ccccc1. The van der Waals surface area contributed by atoms with E-state index < -0.39 is 0 Å². The molecule has 0 aliphatic carbocycles. The summed E-state index contributed by atoms with van der Waals surface area (Å²) in [6.07, 6.45) is 0.792. The number of hydrogen-bond donors (Lipinski definition) is 2. The van der Waals surface area contributed by atoms with Gasteiger partial charge in [0.25, 0.3) is 0 Å². The van der Waals surface area contributed by atoms with E-state index in [9.17, 15) is 4.79 Å². The maximum Gasteiger partial charge on any atom is 0.234 e. The van der Waals surface area contributed by atoms with Crippen molar-refractivity contribution >= 4 is 5.91 Å². The summed E-state index contributed by atoms with van der Waals surface area (Å²) in [6, 6.07) is 17.9. The van der Waals surface area contributed by atoms with Crippen LogP contribution in [0.25, 0.3) is 0 Å². The number of nitrogens with one attached hydrogen (secondary N) is 1. The van der Waals surface area contributed by atoms with Crippen LogP contribution in [-0.4, -0.2) is 36.1 Å². The molecular weight excluding hydrogens is 288 g/mol. The van der Waals surface area contributed by atoms with Crippen molar-refractivity contribution in [2.45, 2.75) is 19.6 Å². The number of aliphatic hydroxyl groups is 1. The highest BCUT2D eigenvalue weighted by Crippen LogP contribution is 2.05. The van der Waals surface area contributed by atoms with E-state index in [1.54, 1.807) is 0 Å². The zero-order chi connectivity index (χ0) is 16.5. The van der Waals surface area contributed by atoms with Crippen molar-refractivity contribution in [3.05, 3.63) is 71.3 Å². The van der Waals surface area contributed by atoms with Crippen LogP contribution in [0.3, 0.4) is 0 Å². The van der Waals surface area contributed by atoms with E-state index in [0.717, 1.165) is 24.1 Å². The lowest BCUT2D eigenvalue weighted by atomic mass is 10.1. The van der Waals surface area contributed by atoms with Crippen LogP contribution < -0.4 is 5.32 Å². The molecule has 0 saturated heterocycles. The van der Waals surface area contributed by atoms with E-state index in [4.69, 9.17) is 5.11 Å². The summed E-state index contributed by atoms with van der Waals surface area (Å²) in [4.78, 5) is 13.9. The normalized spacial score (nSPS) is 10.7. The lowest BCUT2D eigenvalue weighted by Gasteiger charge is -2.16. The van der Waals surface area contributed by atoms with E-state index >= 15 is 0 Å². The molecule has 23 heavy (non-hydrogen) atoms. The van der Waals surface area contributed by atoms with Gasteiger partial charge in [-0.3, -0.25) is 9.69 Å². The van der Waals surface area contributed by atoms with E-state index in [1.165, 1.54) is 5.56 Å². The Morgan fingerprint density at radius 2 is 1.65 bits per heavy atom. The standard InChI is InChI=1S/C19H24N2O2/c1-21(13-17-5-3-2-4-6-17)14-19(23)20-12-11-16-7-9-18(15-22)10-8-16/h2-10,22H,11-15H2,1H3,(H,20,23). The van der Waals surface area contributed by atoms with Crippen LogP contribution in [0.1, 0.15) is 16.7 Å². The van der Waals surface area contributed by atoms with E-state index in [1.807, 2.05) is 54.4 Å². The lowest BCUT2D eigenvalue weighted by Crippen LogP contribution is -2.35. The number of aliphatic hydroxyl groups excluding tert-OH is 1. The van der Waals surface area contributed by atoms with Gasteiger partial charge in [-0.15, -0.1) is 0 Å². The Morgan fingerprint density at radius 1 is 1.00 bits per heavy atom. The molecule has 2 N–H and O–H groups in total. The predicted octanol–water partition coefficient (Wildman–Crippen LogP) is 1.97. The van der Waals surface area contributed by atoms with Crippen LogP contribution in [-0.2, 0) is 24.4 Å². The van der Waals surface area contributed by atoms with Crippen LogP contribution >= 0.6 is 0 Å². The molecule has 0 aromatic heterocycles. The van der Waals surface area contributed by atoms with Crippen molar-refractivity contribution in [2.75, 3.05) is 20.1 Å². The van der Waals surface area contributed by atoms with Gasteiger partial charge in [0, 0.05) is 13.1 Å². The third kappa shape index (κ3) is 6.22. The second kappa shape index (κ2) is 9.08. The van der Waals surface area contributed by atoms with Crippen LogP contribution in [0.2, 0.25) is 0 Å². The maximum absolute atomic E-state index is 11.9. The molecule has 0 atom stereocenters.